The Morgan fingerprint density at radius 2 is 1.76 bits per heavy atom. The summed E-state index contributed by atoms with van der Waals surface area (Å²) in [7, 11) is 0. The zero-order valence-electron chi connectivity index (χ0n) is 22.2. The first-order valence-corrected chi connectivity index (χ1v) is 14.0. The molecule has 37 heavy (non-hydrogen) atoms. The minimum atomic E-state index is -1.02. The number of aliphatic imine (C=N–C) groups is 1. The second-order valence-corrected chi connectivity index (χ2v) is 10.5. The number of amides is 2. The number of aliphatic hydroxyl groups is 1. The van der Waals surface area contributed by atoms with Crippen molar-refractivity contribution < 1.29 is 14.7 Å². The van der Waals surface area contributed by atoms with E-state index in [2.05, 4.69) is 19.2 Å². The van der Waals surface area contributed by atoms with Gasteiger partial charge in [0.05, 0.1) is 24.3 Å². The monoisotopic (exact) mass is 503 g/mol. The van der Waals surface area contributed by atoms with Gasteiger partial charge in [-0.15, -0.1) is 0 Å². The van der Waals surface area contributed by atoms with E-state index in [1.165, 1.54) is 0 Å². The standard InChI is InChI=1S/C31H41N3O3/c1-3-5-15-26-24-14-10-11-16-27(24)34(21-23-12-8-7-9-13-23)31(37)29(32-26)33-30(36)25(20-22-18-19-22)28(35)17-6-4-2/h7-14,16,22,25,28-29,35H,3-6,15,17-21H2,1-2H3,(H,33,36)/t25-,28+,29+/m1/s1. The van der Waals surface area contributed by atoms with Crippen LogP contribution in [0.3, 0.4) is 0 Å². The molecule has 0 spiro atoms. The highest BCUT2D eigenvalue weighted by atomic mass is 16.3. The number of fused-ring (bicyclic) bond motifs is 1. The van der Waals surface area contributed by atoms with Crippen molar-refractivity contribution in [1.29, 1.82) is 0 Å². The van der Waals surface area contributed by atoms with Crippen LogP contribution in [0.2, 0.25) is 0 Å². The van der Waals surface area contributed by atoms with Crippen molar-refractivity contribution >= 4 is 23.2 Å². The molecule has 4 rings (SSSR count). The molecule has 1 heterocycles. The molecule has 198 valence electrons. The predicted molar refractivity (Wildman–Crippen MR) is 148 cm³/mol. The van der Waals surface area contributed by atoms with Crippen molar-refractivity contribution in [2.24, 2.45) is 16.8 Å². The number of nitrogens with zero attached hydrogens (tertiary/aromatic N) is 2. The molecule has 1 aliphatic heterocycles. The van der Waals surface area contributed by atoms with E-state index in [-0.39, 0.29) is 11.8 Å². The number of anilines is 1. The summed E-state index contributed by atoms with van der Waals surface area (Å²) in [5.74, 6) is -0.545. The third-order valence-electron chi connectivity index (χ3n) is 7.46. The Morgan fingerprint density at radius 3 is 2.46 bits per heavy atom. The summed E-state index contributed by atoms with van der Waals surface area (Å²) in [4.78, 5) is 34.2. The second kappa shape index (κ2) is 13.0. The van der Waals surface area contributed by atoms with Crippen LogP contribution in [-0.4, -0.2) is 34.9 Å². The molecule has 0 aromatic heterocycles. The average Bonchev–Trinajstić information content (AvgIpc) is 3.75. The van der Waals surface area contributed by atoms with Crippen LogP contribution in [-0.2, 0) is 16.1 Å². The highest BCUT2D eigenvalue weighted by Gasteiger charge is 2.37. The molecule has 0 unspecified atom stereocenters. The van der Waals surface area contributed by atoms with Crippen molar-refractivity contribution in [3.8, 4) is 0 Å². The maximum Gasteiger partial charge on any atom is 0.272 e. The van der Waals surface area contributed by atoms with Gasteiger partial charge >= 0.3 is 0 Å². The van der Waals surface area contributed by atoms with Gasteiger partial charge in [0.15, 0.2) is 0 Å². The molecular weight excluding hydrogens is 462 g/mol. The van der Waals surface area contributed by atoms with Crippen LogP contribution in [0.15, 0.2) is 59.6 Å². The first-order valence-electron chi connectivity index (χ1n) is 14.0. The predicted octanol–water partition coefficient (Wildman–Crippen LogP) is 5.62. The molecule has 1 saturated carbocycles. The van der Waals surface area contributed by atoms with Gasteiger partial charge in [-0.05, 0) is 43.2 Å². The fourth-order valence-electron chi connectivity index (χ4n) is 5.07. The van der Waals surface area contributed by atoms with Gasteiger partial charge in [-0.1, -0.05) is 94.5 Å². The highest BCUT2D eigenvalue weighted by Crippen LogP contribution is 2.37. The zero-order valence-corrected chi connectivity index (χ0v) is 22.2. The van der Waals surface area contributed by atoms with E-state index in [9.17, 15) is 14.7 Å². The third kappa shape index (κ3) is 7.07. The molecule has 2 amide bonds. The summed E-state index contributed by atoms with van der Waals surface area (Å²) in [6.45, 7) is 4.61. The summed E-state index contributed by atoms with van der Waals surface area (Å²) in [6.07, 6.45) is 6.26. The van der Waals surface area contributed by atoms with Crippen LogP contribution in [0.1, 0.15) is 82.8 Å². The molecule has 6 nitrogen and oxygen atoms in total. The van der Waals surface area contributed by atoms with Crippen LogP contribution >= 0.6 is 0 Å². The van der Waals surface area contributed by atoms with Crippen LogP contribution < -0.4 is 10.2 Å². The molecular formula is C31H41N3O3. The fourth-order valence-corrected chi connectivity index (χ4v) is 5.07. The van der Waals surface area contributed by atoms with Crippen LogP contribution in [0.4, 0.5) is 5.69 Å². The maximum absolute atomic E-state index is 14.0. The number of nitrogens with one attached hydrogen (secondary N) is 1. The average molecular weight is 504 g/mol. The summed E-state index contributed by atoms with van der Waals surface area (Å²) < 4.78 is 0. The summed E-state index contributed by atoms with van der Waals surface area (Å²) in [5, 5.41) is 13.9. The Balaban J connectivity index is 1.65. The van der Waals surface area contributed by atoms with Crippen molar-refractivity contribution in [3.63, 3.8) is 0 Å². The van der Waals surface area contributed by atoms with E-state index < -0.39 is 18.2 Å². The fraction of sp³-hybridized carbons (Fsp3) is 0.516. The van der Waals surface area contributed by atoms with Crippen molar-refractivity contribution in [3.05, 3.63) is 65.7 Å². The lowest BCUT2D eigenvalue weighted by Crippen LogP contribution is -2.50. The highest BCUT2D eigenvalue weighted by molar-refractivity contribution is 6.13. The molecule has 1 aliphatic carbocycles. The zero-order chi connectivity index (χ0) is 26.2. The first kappa shape index (κ1) is 27.1. The number of benzene rings is 2. The quantitative estimate of drug-likeness (QED) is 0.372. The Bertz CT molecular complexity index is 1080. The Kier molecular flexibility index (Phi) is 9.51. The van der Waals surface area contributed by atoms with Crippen molar-refractivity contribution in [2.45, 2.75) is 90.4 Å². The lowest BCUT2D eigenvalue weighted by atomic mass is 9.91. The van der Waals surface area contributed by atoms with Crippen LogP contribution in [0.25, 0.3) is 0 Å². The van der Waals surface area contributed by atoms with Gasteiger partial charge in [-0.3, -0.25) is 14.6 Å². The number of aliphatic hydroxyl groups excluding tert-OH is 1. The second-order valence-electron chi connectivity index (χ2n) is 10.5. The normalized spacial score (nSPS) is 19.0. The van der Waals surface area contributed by atoms with Gasteiger partial charge in [-0.2, -0.15) is 0 Å². The summed E-state index contributed by atoms with van der Waals surface area (Å²) >= 11 is 0. The van der Waals surface area contributed by atoms with E-state index in [0.717, 1.165) is 67.5 Å². The molecule has 2 aromatic rings. The van der Waals surface area contributed by atoms with Gasteiger partial charge in [0.25, 0.3) is 5.91 Å². The number of para-hydroxylation sites is 1. The summed E-state index contributed by atoms with van der Waals surface area (Å²) in [6, 6.07) is 17.8. The minimum Gasteiger partial charge on any atom is -0.392 e. The van der Waals surface area contributed by atoms with Gasteiger partial charge < -0.3 is 15.3 Å². The number of benzodiazepines with no additional fused rings is 1. The van der Waals surface area contributed by atoms with Crippen LogP contribution in [0, 0.1) is 11.8 Å². The lowest BCUT2D eigenvalue weighted by Gasteiger charge is -2.27. The molecule has 6 heteroatoms. The van der Waals surface area contributed by atoms with Gasteiger partial charge in [-0.25, -0.2) is 0 Å². The van der Waals surface area contributed by atoms with E-state index in [0.29, 0.717) is 25.3 Å². The molecule has 2 aromatic carbocycles. The topological polar surface area (TPSA) is 82.0 Å². The molecule has 0 saturated heterocycles. The van der Waals surface area contributed by atoms with E-state index in [4.69, 9.17) is 4.99 Å². The maximum atomic E-state index is 14.0. The van der Waals surface area contributed by atoms with Crippen molar-refractivity contribution in [1.82, 2.24) is 5.32 Å². The smallest absolute Gasteiger partial charge is 0.272 e. The number of rotatable bonds is 13. The lowest BCUT2D eigenvalue weighted by molar-refractivity contribution is -0.133. The van der Waals surface area contributed by atoms with Crippen LogP contribution in [0.5, 0.6) is 0 Å². The third-order valence-corrected chi connectivity index (χ3v) is 7.46. The molecule has 0 bridgehead atoms. The number of carbonyl (C=O) groups excluding carboxylic acids is 2. The van der Waals surface area contributed by atoms with E-state index >= 15 is 0 Å². The Morgan fingerprint density at radius 1 is 1.05 bits per heavy atom. The number of hydrogen-bond acceptors (Lipinski definition) is 4. The largest absolute Gasteiger partial charge is 0.392 e. The summed E-state index contributed by atoms with van der Waals surface area (Å²) in [5.41, 5.74) is 3.61. The minimum absolute atomic E-state index is 0.246. The van der Waals surface area contributed by atoms with Gasteiger partial charge in [0.2, 0.25) is 12.1 Å². The van der Waals surface area contributed by atoms with Gasteiger partial charge in [0.1, 0.15) is 0 Å². The first-order chi connectivity index (χ1) is 18.0. The van der Waals surface area contributed by atoms with E-state index in [1.54, 1.807) is 4.90 Å². The SMILES string of the molecule is CCCCC1=N[C@@H](NC(=O)[C@H](CC2CC2)[C@@H](O)CCCC)C(=O)N(Cc2ccccc2)c2ccccc21. The molecule has 0 radical (unpaired) electrons. The number of carbonyl (C=O) groups is 2. The number of hydrogen-bond donors (Lipinski definition) is 2. The molecule has 2 aliphatic rings. The van der Waals surface area contributed by atoms with Gasteiger partial charge in [0, 0.05) is 11.3 Å². The molecule has 3 atom stereocenters. The molecule has 1 fully saturated rings. The Labute approximate surface area is 221 Å². The molecule has 2 N–H and O–H groups in total. The number of unbranched alkanes of at least 4 members (excludes halogenated alkanes) is 2. The van der Waals surface area contributed by atoms with Crippen molar-refractivity contribution in [2.75, 3.05) is 4.90 Å². The Hall–Kier alpha value is -2.99. The van der Waals surface area contributed by atoms with E-state index in [1.807, 2.05) is 54.6 Å².